The largest absolute Gasteiger partial charge is 0.494 e. The van der Waals surface area contributed by atoms with Gasteiger partial charge >= 0.3 is 6.03 Å². The maximum Gasteiger partial charge on any atom is 0.316 e. The minimum atomic E-state index is -0.792. The van der Waals surface area contributed by atoms with E-state index in [1.54, 1.807) is 0 Å². The maximum absolute atomic E-state index is 11.5. The van der Waals surface area contributed by atoms with Crippen LogP contribution in [0.15, 0.2) is 22.6 Å². The van der Waals surface area contributed by atoms with Gasteiger partial charge in [0.15, 0.2) is 5.58 Å². The van der Waals surface area contributed by atoms with Crippen molar-refractivity contribution in [1.82, 2.24) is 0 Å². The van der Waals surface area contributed by atoms with Crippen molar-refractivity contribution in [2.24, 2.45) is 11.5 Å². The van der Waals surface area contributed by atoms with Crippen LogP contribution < -0.4 is 21.5 Å². The molecule has 0 aliphatic carbocycles. The molecule has 5 N–H and O–H groups in total. The van der Waals surface area contributed by atoms with E-state index in [4.69, 9.17) is 20.6 Å². The second-order valence-corrected chi connectivity index (χ2v) is 5.98. The molecule has 0 aliphatic rings. The van der Waals surface area contributed by atoms with Gasteiger partial charge in [-0.2, -0.15) is 0 Å². The molecule has 120 valence electrons. The van der Waals surface area contributed by atoms with Crippen molar-refractivity contribution in [2.45, 2.75) is 13.3 Å². The van der Waals surface area contributed by atoms with Crippen LogP contribution in [0.2, 0.25) is 0 Å². The number of fused-ring (bicyclic) bond motifs is 3. The van der Waals surface area contributed by atoms with Gasteiger partial charge in [0.25, 0.3) is 5.91 Å². The molecule has 7 nitrogen and oxygen atoms in total. The number of ether oxygens (including phenoxy) is 1. The zero-order valence-electron chi connectivity index (χ0n) is 12.3. The van der Waals surface area contributed by atoms with E-state index in [0.29, 0.717) is 16.9 Å². The van der Waals surface area contributed by atoms with Crippen LogP contribution in [-0.2, 0) is 0 Å². The van der Waals surface area contributed by atoms with E-state index in [9.17, 15) is 9.59 Å². The van der Waals surface area contributed by atoms with Crippen LogP contribution in [0.4, 0.5) is 10.5 Å². The number of nitrogens with one attached hydrogen (secondary N) is 1. The van der Waals surface area contributed by atoms with Crippen LogP contribution in [-0.4, -0.2) is 18.5 Å². The van der Waals surface area contributed by atoms with E-state index < -0.39 is 11.9 Å². The first-order valence-electron chi connectivity index (χ1n) is 6.99. The summed E-state index contributed by atoms with van der Waals surface area (Å²) < 4.78 is 12.7. The van der Waals surface area contributed by atoms with Crippen molar-refractivity contribution in [1.29, 1.82) is 0 Å². The molecule has 0 fully saturated rings. The highest BCUT2D eigenvalue weighted by Gasteiger charge is 2.23. The number of rotatable bonds is 5. The summed E-state index contributed by atoms with van der Waals surface area (Å²) in [6.45, 7) is 2.66. The number of thiophene rings is 1. The number of hydrogen-bond acceptors (Lipinski definition) is 5. The number of nitrogens with two attached hydrogens (primary N) is 2. The van der Waals surface area contributed by atoms with Crippen molar-refractivity contribution >= 4 is 49.3 Å². The highest BCUT2D eigenvalue weighted by molar-refractivity contribution is 7.26. The minimum absolute atomic E-state index is 0.113. The molecule has 8 heteroatoms. The summed E-state index contributed by atoms with van der Waals surface area (Å²) in [4.78, 5) is 22.7. The Hall–Kier alpha value is -2.74. The van der Waals surface area contributed by atoms with Crippen molar-refractivity contribution in [2.75, 3.05) is 11.9 Å². The van der Waals surface area contributed by atoms with E-state index in [0.717, 1.165) is 22.3 Å². The van der Waals surface area contributed by atoms with Gasteiger partial charge < -0.3 is 25.9 Å². The third-order valence-electron chi connectivity index (χ3n) is 3.22. The van der Waals surface area contributed by atoms with Gasteiger partial charge in [0.2, 0.25) is 5.76 Å². The summed E-state index contributed by atoms with van der Waals surface area (Å²) in [5.74, 6) is -0.130. The van der Waals surface area contributed by atoms with Crippen LogP contribution in [0.1, 0.15) is 23.9 Å². The van der Waals surface area contributed by atoms with Gasteiger partial charge in [-0.1, -0.05) is 6.92 Å². The van der Waals surface area contributed by atoms with E-state index in [2.05, 4.69) is 5.32 Å². The van der Waals surface area contributed by atoms with Crippen LogP contribution >= 0.6 is 11.3 Å². The molecule has 0 aliphatic heterocycles. The lowest BCUT2D eigenvalue weighted by Gasteiger charge is -2.03. The molecule has 3 rings (SSSR count). The summed E-state index contributed by atoms with van der Waals surface area (Å²) in [6.07, 6.45) is 0.916. The molecular weight excluding hydrogens is 318 g/mol. The summed E-state index contributed by atoms with van der Waals surface area (Å²) in [5.41, 5.74) is 11.2. The third-order valence-corrected chi connectivity index (χ3v) is 4.37. The maximum atomic E-state index is 11.5. The number of hydrogen-bond donors (Lipinski definition) is 3. The summed E-state index contributed by atoms with van der Waals surface area (Å²) >= 11 is 1.36. The van der Waals surface area contributed by atoms with Gasteiger partial charge in [0, 0.05) is 10.1 Å². The normalized spacial score (nSPS) is 11.0. The Kier molecular flexibility index (Phi) is 3.83. The third kappa shape index (κ3) is 2.68. The van der Waals surface area contributed by atoms with Gasteiger partial charge in [0.05, 0.1) is 11.3 Å². The number of primary amides is 2. The molecule has 2 aromatic heterocycles. The zero-order chi connectivity index (χ0) is 16.6. The predicted molar refractivity (Wildman–Crippen MR) is 89.1 cm³/mol. The van der Waals surface area contributed by atoms with Crippen molar-refractivity contribution < 1.29 is 18.7 Å². The van der Waals surface area contributed by atoms with E-state index >= 15 is 0 Å². The van der Waals surface area contributed by atoms with Gasteiger partial charge in [-0.05, 0) is 24.6 Å². The molecule has 3 amide bonds. The van der Waals surface area contributed by atoms with Crippen LogP contribution in [0, 0.1) is 0 Å². The monoisotopic (exact) mass is 333 g/mol. The fourth-order valence-corrected chi connectivity index (χ4v) is 3.45. The first-order chi connectivity index (χ1) is 11.0. The van der Waals surface area contributed by atoms with Gasteiger partial charge in [-0.15, -0.1) is 11.3 Å². The number of carbonyl (C=O) groups excluding carboxylic acids is 2. The molecule has 0 bridgehead atoms. The van der Waals surface area contributed by atoms with Gasteiger partial charge in [0.1, 0.15) is 11.4 Å². The molecule has 3 aromatic rings. The molecule has 0 unspecified atom stereocenters. The topological polar surface area (TPSA) is 121 Å². The molecule has 1 aromatic carbocycles. The standard InChI is InChI=1S/C15H15N3O4S/c1-2-5-21-7-3-4-8-9(6-7)23-13-10(18-15(17)20)12(14(16)19)22-11(8)13/h3-4,6H,2,5H2,1H3,(H2,16,19)(H3,17,18,20). The Morgan fingerprint density at radius 3 is 2.78 bits per heavy atom. The molecule has 0 spiro atoms. The first-order valence-corrected chi connectivity index (χ1v) is 7.81. The Morgan fingerprint density at radius 1 is 1.35 bits per heavy atom. The predicted octanol–water partition coefficient (Wildman–Crippen LogP) is 3.03. The Bertz CT molecular complexity index is 912. The highest BCUT2D eigenvalue weighted by Crippen LogP contribution is 2.43. The molecule has 23 heavy (non-hydrogen) atoms. The lowest BCUT2D eigenvalue weighted by molar-refractivity contribution is 0.0977. The van der Waals surface area contributed by atoms with Crippen molar-refractivity contribution in [3.8, 4) is 5.75 Å². The average Bonchev–Trinajstić information content (AvgIpc) is 3.01. The Labute approximate surface area is 135 Å². The van der Waals surface area contributed by atoms with Gasteiger partial charge in [-0.25, -0.2) is 4.79 Å². The lowest BCUT2D eigenvalue weighted by Crippen LogP contribution is -2.21. The zero-order valence-corrected chi connectivity index (χ0v) is 13.2. The average molecular weight is 333 g/mol. The number of urea groups is 1. The SMILES string of the molecule is CCCOc1ccc2c(c1)sc1c(NC(N)=O)c(C(N)=O)oc12. The molecule has 0 radical (unpaired) electrons. The smallest absolute Gasteiger partial charge is 0.316 e. The fourth-order valence-electron chi connectivity index (χ4n) is 2.30. The number of furan rings is 1. The second-order valence-electron chi connectivity index (χ2n) is 4.93. The van der Waals surface area contributed by atoms with Gasteiger partial charge in [-0.3, -0.25) is 4.79 Å². The van der Waals surface area contributed by atoms with Crippen LogP contribution in [0.3, 0.4) is 0 Å². The van der Waals surface area contributed by atoms with Crippen molar-refractivity contribution in [3.63, 3.8) is 0 Å². The number of carbonyl (C=O) groups is 2. The molecular formula is C15H15N3O4S. The first kappa shape index (κ1) is 15.2. The molecule has 0 saturated carbocycles. The number of benzene rings is 1. The second kappa shape index (κ2) is 5.81. The highest BCUT2D eigenvalue weighted by atomic mass is 32.1. The molecule has 0 saturated heterocycles. The summed E-state index contributed by atoms with van der Waals surface area (Å²) in [5, 5.41) is 3.22. The molecule has 2 heterocycles. The quantitative estimate of drug-likeness (QED) is 0.664. The van der Waals surface area contributed by atoms with E-state index in [1.165, 1.54) is 11.3 Å². The summed E-state index contributed by atoms with van der Waals surface area (Å²) in [6, 6.07) is 4.78. The van der Waals surface area contributed by atoms with Crippen LogP contribution in [0.25, 0.3) is 20.4 Å². The Morgan fingerprint density at radius 2 is 2.13 bits per heavy atom. The van der Waals surface area contributed by atoms with E-state index in [-0.39, 0.29) is 11.4 Å². The summed E-state index contributed by atoms with van der Waals surface area (Å²) in [7, 11) is 0. The lowest BCUT2D eigenvalue weighted by atomic mass is 10.2. The number of anilines is 1. The molecule has 0 atom stereocenters. The Balaban J connectivity index is 2.17. The van der Waals surface area contributed by atoms with Crippen molar-refractivity contribution in [3.05, 3.63) is 24.0 Å². The minimum Gasteiger partial charge on any atom is -0.494 e. The van der Waals surface area contributed by atoms with Crippen LogP contribution in [0.5, 0.6) is 5.75 Å². The fraction of sp³-hybridized carbons (Fsp3) is 0.200. The van der Waals surface area contributed by atoms with E-state index in [1.807, 2.05) is 25.1 Å². The number of amides is 3.